The Morgan fingerprint density at radius 1 is 1.17 bits per heavy atom. The first-order valence-electron chi connectivity index (χ1n) is 8.90. The highest BCUT2D eigenvalue weighted by molar-refractivity contribution is 5.85. The first-order valence-corrected chi connectivity index (χ1v) is 8.90. The molecule has 158 valence electrons. The summed E-state index contributed by atoms with van der Waals surface area (Å²) in [6, 6.07) is 2.30. The number of carbonyl (C=O) groups excluding carboxylic acids is 1. The molecule has 5 atom stereocenters. The summed E-state index contributed by atoms with van der Waals surface area (Å²) in [5, 5.41) is 49.5. The third kappa shape index (κ3) is 3.98. The van der Waals surface area contributed by atoms with E-state index < -0.39 is 48.5 Å². The molecule has 10 heteroatoms. The Balaban J connectivity index is 2.01. The SMILES string of the molecule is CC(=O)Cc1cc(=O)c2c(C)c(O[C@H]3O[C@H](CO)[C@@H](O)[C@H](O)[C@H]3O)c(O)cc2o1. The molecule has 5 N–H and O–H groups in total. The fourth-order valence-corrected chi connectivity index (χ4v) is 3.29. The molecule has 0 saturated carbocycles. The Hall–Kier alpha value is -2.50. The molecule has 10 nitrogen and oxygen atoms in total. The van der Waals surface area contributed by atoms with E-state index >= 15 is 0 Å². The first kappa shape index (κ1) is 21.2. The van der Waals surface area contributed by atoms with Crippen molar-refractivity contribution in [1.29, 1.82) is 0 Å². The van der Waals surface area contributed by atoms with Crippen LogP contribution in [0.3, 0.4) is 0 Å². The number of ether oxygens (including phenoxy) is 2. The van der Waals surface area contributed by atoms with Crippen LogP contribution < -0.4 is 10.2 Å². The summed E-state index contributed by atoms with van der Waals surface area (Å²) in [5.74, 6) is -0.684. The molecule has 1 aliphatic heterocycles. The minimum atomic E-state index is -1.68. The summed E-state index contributed by atoms with van der Waals surface area (Å²) in [6.45, 7) is 2.18. The van der Waals surface area contributed by atoms with Crippen molar-refractivity contribution in [1.82, 2.24) is 0 Å². The van der Waals surface area contributed by atoms with Crippen LogP contribution in [0, 0.1) is 6.92 Å². The minimum absolute atomic E-state index is 0.0462. The molecule has 1 aromatic heterocycles. The van der Waals surface area contributed by atoms with Crippen molar-refractivity contribution in [2.45, 2.75) is 51.0 Å². The van der Waals surface area contributed by atoms with Crippen LogP contribution in [0.15, 0.2) is 21.3 Å². The molecule has 1 saturated heterocycles. The van der Waals surface area contributed by atoms with Crippen LogP contribution in [0.25, 0.3) is 11.0 Å². The van der Waals surface area contributed by atoms with Crippen molar-refractivity contribution in [2.24, 2.45) is 0 Å². The van der Waals surface area contributed by atoms with Gasteiger partial charge in [-0.2, -0.15) is 0 Å². The number of carbonyl (C=O) groups is 1. The zero-order chi connectivity index (χ0) is 21.5. The fraction of sp³-hybridized carbons (Fsp3) is 0.474. The van der Waals surface area contributed by atoms with Crippen molar-refractivity contribution < 1.29 is 44.2 Å². The molecule has 0 aliphatic carbocycles. The third-order valence-electron chi connectivity index (χ3n) is 4.75. The Labute approximate surface area is 164 Å². The number of ketones is 1. The number of hydrogen-bond acceptors (Lipinski definition) is 10. The van der Waals surface area contributed by atoms with Gasteiger partial charge in [0.05, 0.1) is 18.4 Å². The molecule has 0 radical (unpaired) electrons. The summed E-state index contributed by atoms with van der Waals surface area (Å²) in [6.07, 6.45) is -7.71. The zero-order valence-electron chi connectivity index (χ0n) is 15.7. The number of fused-ring (bicyclic) bond motifs is 1. The maximum absolute atomic E-state index is 12.5. The lowest BCUT2D eigenvalue weighted by Crippen LogP contribution is -2.60. The van der Waals surface area contributed by atoms with Gasteiger partial charge in [-0.25, -0.2) is 0 Å². The lowest BCUT2D eigenvalue weighted by atomic mass is 9.99. The lowest BCUT2D eigenvalue weighted by molar-refractivity contribution is -0.277. The van der Waals surface area contributed by atoms with E-state index in [1.54, 1.807) is 0 Å². The third-order valence-corrected chi connectivity index (χ3v) is 4.75. The molecule has 1 aromatic carbocycles. The average Bonchev–Trinajstić information content (AvgIpc) is 2.63. The number of phenolic OH excluding ortho intramolecular Hbond substituents is 1. The summed E-state index contributed by atoms with van der Waals surface area (Å²) in [7, 11) is 0. The number of benzene rings is 1. The number of hydrogen-bond donors (Lipinski definition) is 5. The van der Waals surface area contributed by atoms with Crippen LogP contribution in [0.4, 0.5) is 0 Å². The minimum Gasteiger partial charge on any atom is -0.504 e. The largest absolute Gasteiger partial charge is 0.504 e. The van der Waals surface area contributed by atoms with Crippen molar-refractivity contribution in [3.63, 3.8) is 0 Å². The number of aromatic hydroxyl groups is 1. The van der Waals surface area contributed by atoms with Gasteiger partial charge in [0.25, 0.3) is 0 Å². The van der Waals surface area contributed by atoms with Crippen molar-refractivity contribution in [3.8, 4) is 11.5 Å². The quantitative estimate of drug-likeness (QED) is 0.417. The van der Waals surface area contributed by atoms with E-state index in [-0.39, 0.29) is 40.2 Å². The zero-order valence-corrected chi connectivity index (χ0v) is 15.7. The van der Waals surface area contributed by atoms with Gasteiger partial charge in [-0.15, -0.1) is 0 Å². The molecule has 0 amide bonds. The van der Waals surface area contributed by atoms with Crippen LogP contribution >= 0.6 is 0 Å². The number of Topliss-reactive ketones (excluding diaryl/α,β-unsaturated/α-hetero) is 1. The van der Waals surface area contributed by atoms with E-state index in [0.29, 0.717) is 0 Å². The highest BCUT2D eigenvalue weighted by Gasteiger charge is 2.45. The monoisotopic (exact) mass is 410 g/mol. The van der Waals surface area contributed by atoms with Crippen molar-refractivity contribution in [2.75, 3.05) is 6.61 Å². The molecule has 0 spiro atoms. The van der Waals surface area contributed by atoms with E-state index in [9.17, 15) is 35.1 Å². The number of phenols is 1. The normalized spacial score (nSPS) is 27.2. The molecule has 1 fully saturated rings. The Morgan fingerprint density at radius 3 is 2.48 bits per heavy atom. The maximum Gasteiger partial charge on any atom is 0.229 e. The molecule has 29 heavy (non-hydrogen) atoms. The summed E-state index contributed by atoms with van der Waals surface area (Å²) < 4.78 is 16.3. The Kier molecular flexibility index (Phi) is 5.92. The van der Waals surface area contributed by atoms with Gasteiger partial charge in [0.2, 0.25) is 6.29 Å². The average molecular weight is 410 g/mol. The maximum atomic E-state index is 12.5. The van der Waals surface area contributed by atoms with E-state index in [1.165, 1.54) is 19.9 Å². The topological polar surface area (TPSA) is 167 Å². The predicted molar refractivity (Wildman–Crippen MR) is 97.7 cm³/mol. The van der Waals surface area contributed by atoms with Gasteiger partial charge >= 0.3 is 0 Å². The fourth-order valence-electron chi connectivity index (χ4n) is 3.29. The van der Waals surface area contributed by atoms with Gasteiger partial charge in [-0.1, -0.05) is 0 Å². The number of aryl methyl sites for hydroxylation is 1. The van der Waals surface area contributed by atoms with Gasteiger partial charge in [-0.05, 0) is 13.8 Å². The van der Waals surface area contributed by atoms with Crippen LogP contribution in [-0.2, 0) is 16.0 Å². The molecule has 1 aliphatic rings. The first-order chi connectivity index (χ1) is 13.6. The molecule has 0 bridgehead atoms. The number of rotatable bonds is 5. The standard InChI is InChI=1S/C19H22O10/c1-7(21)3-9-4-10(22)14-8(2)18(11(23)5-12(14)27-9)29-19-17(26)16(25)15(24)13(6-20)28-19/h4-5,13,15-17,19-20,23-26H,3,6H2,1-2H3/t13-,15-,16+,17-,19-/m1/s1. The number of aliphatic hydroxyl groups is 4. The molecule has 2 aromatic rings. The van der Waals surface area contributed by atoms with Gasteiger partial charge in [0.1, 0.15) is 41.5 Å². The summed E-state index contributed by atoms with van der Waals surface area (Å²) in [4.78, 5) is 23.8. The second kappa shape index (κ2) is 8.09. The summed E-state index contributed by atoms with van der Waals surface area (Å²) in [5.41, 5.74) is -0.233. The summed E-state index contributed by atoms with van der Waals surface area (Å²) >= 11 is 0. The van der Waals surface area contributed by atoms with Crippen LogP contribution in [0.2, 0.25) is 0 Å². The van der Waals surface area contributed by atoms with Crippen molar-refractivity contribution >= 4 is 16.8 Å². The highest BCUT2D eigenvalue weighted by Crippen LogP contribution is 2.37. The molecule has 0 unspecified atom stereocenters. The van der Waals surface area contributed by atoms with Crippen LogP contribution in [0.5, 0.6) is 11.5 Å². The van der Waals surface area contributed by atoms with Crippen molar-refractivity contribution in [3.05, 3.63) is 33.7 Å². The smallest absolute Gasteiger partial charge is 0.229 e. The van der Waals surface area contributed by atoms with Crippen LogP contribution in [-0.4, -0.2) is 68.6 Å². The molecule has 2 heterocycles. The van der Waals surface area contributed by atoms with Gasteiger partial charge in [0, 0.05) is 17.7 Å². The highest BCUT2D eigenvalue weighted by atomic mass is 16.7. The van der Waals surface area contributed by atoms with Gasteiger partial charge in [-0.3, -0.25) is 9.59 Å². The molecular formula is C19H22O10. The predicted octanol–water partition coefficient (Wildman–Crippen LogP) is -0.883. The Bertz CT molecular complexity index is 979. The Morgan fingerprint density at radius 2 is 1.86 bits per heavy atom. The second-order valence-corrected chi connectivity index (χ2v) is 6.99. The molecular weight excluding hydrogens is 388 g/mol. The van der Waals surface area contributed by atoms with E-state index in [1.807, 2.05) is 0 Å². The number of aliphatic hydroxyl groups excluding tert-OH is 4. The van der Waals surface area contributed by atoms with E-state index in [2.05, 4.69) is 0 Å². The molecule has 3 rings (SSSR count). The van der Waals surface area contributed by atoms with Gasteiger partial charge in [0.15, 0.2) is 16.9 Å². The van der Waals surface area contributed by atoms with Gasteiger partial charge < -0.3 is 39.4 Å². The second-order valence-electron chi connectivity index (χ2n) is 6.99. The van der Waals surface area contributed by atoms with E-state index in [0.717, 1.165) is 6.07 Å². The lowest BCUT2D eigenvalue weighted by Gasteiger charge is -2.39. The van der Waals surface area contributed by atoms with Crippen LogP contribution in [0.1, 0.15) is 18.2 Å². The van der Waals surface area contributed by atoms with E-state index in [4.69, 9.17) is 13.9 Å².